The van der Waals surface area contributed by atoms with Crippen molar-refractivity contribution in [3.63, 3.8) is 0 Å². The van der Waals surface area contributed by atoms with Crippen molar-refractivity contribution in [1.29, 1.82) is 0 Å². The normalized spacial score (nSPS) is 12.8. The molecule has 2 aromatic carbocycles. The van der Waals surface area contributed by atoms with E-state index in [1.807, 2.05) is 25.1 Å². The predicted molar refractivity (Wildman–Crippen MR) is 106 cm³/mol. The molecule has 2 aromatic rings. The number of nitrogens with two attached hydrogens (primary N) is 1. The average molecular weight is 419 g/mol. The van der Waals surface area contributed by atoms with Gasteiger partial charge in [-0.2, -0.15) is 0 Å². The van der Waals surface area contributed by atoms with E-state index in [2.05, 4.69) is 15.9 Å². The van der Waals surface area contributed by atoms with Crippen LogP contribution in [0.1, 0.15) is 15.9 Å². The van der Waals surface area contributed by atoms with Gasteiger partial charge in [-0.3, -0.25) is 4.79 Å². The van der Waals surface area contributed by atoms with E-state index < -0.39 is 0 Å². The van der Waals surface area contributed by atoms with Gasteiger partial charge in [0.25, 0.3) is 0 Å². The molecule has 1 aliphatic rings. The van der Waals surface area contributed by atoms with E-state index in [1.165, 1.54) is 0 Å². The number of benzene rings is 2. The fourth-order valence-electron chi connectivity index (χ4n) is 2.69. The van der Waals surface area contributed by atoms with Crippen molar-refractivity contribution < 1.29 is 19.0 Å². The summed E-state index contributed by atoms with van der Waals surface area (Å²) in [5, 5.41) is 0. The second-order valence-electron chi connectivity index (χ2n) is 5.95. The van der Waals surface area contributed by atoms with E-state index in [1.54, 1.807) is 37.5 Å². The molecule has 0 aliphatic carbocycles. The van der Waals surface area contributed by atoms with Crippen LogP contribution in [-0.2, 0) is 0 Å². The molecular weight excluding hydrogens is 400 g/mol. The number of carbonyl (C=O) groups is 1. The van der Waals surface area contributed by atoms with E-state index in [0.717, 1.165) is 11.3 Å². The molecule has 0 fully saturated rings. The van der Waals surface area contributed by atoms with Gasteiger partial charge in [0.1, 0.15) is 0 Å². The van der Waals surface area contributed by atoms with Crippen LogP contribution in [0, 0.1) is 0 Å². The largest absolute Gasteiger partial charge is 0.493 e. The summed E-state index contributed by atoms with van der Waals surface area (Å²) in [6, 6.07) is 8.83. The molecule has 0 spiro atoms. The number of fused-ring (bicyclic) bond motifs is 1. The Labute approximate surface area is 160 Å². The van der Waals surface area contributed by atoms with Crippen molar-refractivity contribution in [2.45, 2.75) is 0 Å². The topological polar surface area (TPSA) is 74.0 Å². The molecule has 2 N–H and O–H groups in total. The molecule has 6 nitrogen and oxygen atoms in total. The smallest absolute Gasteiger partial charge is 0.231 e. The number of ether oxygens (including phenoxy) is 3. The van der Waals surface area contributed by atoms with Crippen molar-refractivity contribution in [3.8, 4) is 17.2 Å². The molecule has 0 saturated heterocycles. The lowest BCUT2D eigenvalue weighted by Crippen LogP contribution is -2.12. The minimum Gasteiger partial charge on any atom is -0.493 e. The Kier molecular flexibility index (Phi) is 5.08. The van der Waals surface area contributed by atoms with Crippen LogP contribution >= 0.6 is 15.9 Å². The molecule has 3 rings (SSSR count). The van der Waals surface area contributed by atoms with Gasteiger partial charge in [-0.25, -0.2) is 0 Å². The van der Waals surface area contributed by atoms with E-state index >= 15 is 0 Å². The first kappa shape index (κ1) is 18.1. The Morgan fingerprint density at radius 2 is 2.04 bits per heavy atom. The lowest BCUT2D eigenvalue weighted by atomic mass is 10.1. The van der Waals surface area contributed by atoms with Crippen LogP contribution in [0.3, 0.4) is 0 Å². The van der Waals surface area contributed by atoms with Crippen LogP contribution in [-0.4, -0.2) is 33.8 Å². The van der Waals surface area contributed by atoms with Crippen LogP contribution in [0.25, 0.3) is 6.08 Å². The molecule has 136 valence electrons. The molecule has 0 unspecified atom stereocenters. The summed E-state index contributed by atoms with van der Waals surface area (Å²) in [5.41, 5.74) is 8.70. The van der Waals surface area contributed by atoms with Gasteiger partial charge in [-0.05, 0) is 57.9 Å². The second-order valence-corrected chi connectivity index (χ2v) is 6.80. The molecule has 0 aromatic heterocycles. The van der Waals surface area contributed by atoms with Gasteiger partial charge in [0.05, 0.1) is 23.0 Å². The first-order valence-electron chi connectivity index (χ1n) is 7.87. The highest BCUT2D eigenvalue weighted by molar-refractivity contribution is 9.12. The summed E-state index contributed by atoms with van der Waals surface area (Å²) in [5.74, 6) is 1.54. The van der Waals surface area contributed by atoms with Gasteiger partial charge in [-0.15, -0.1) is 0 Å². The monoisotopic (exact) mass is 418 g/mol. The van der Waals surface area contributed by atoms with Crippen molar-refractivity contribution in [2.24, 2.45) is 0 Å². The number of nitrogen functional groups attached to an aromatic ring is 1. The number of rotatable bonds is 5. The zero-order valence-electron chi connectivity index (χ0n) is 14.7. The third-order valence-corrected chi connectivity index (χ3v) is 4.55. The minimum atomic E-state index is -0.168. The summed E-state index contributed by atoms with van der Waals surface area (Å²) >= 11 is 3.36. The van der Waals surface area contributed by atoms with Gasteiger partial charge in [0.2, 0.25) is 12.5 Å². The summed E-state index contributed by atoms with van der Waals surface area (Å²) in [6.07, 6.45) is 1.71. The van der Waals surface area contributed by atoms with Crippen LogP contribution in [0.5, 0.6) is 17.2 Å². The predicted octanol–water partition coefficient (Wildman–Crippen LogP) is 3.69. The zero-order chi connectivity index (χ0) is 18.8. The molecule has 0 saturated carbocycles. The quantitative estimate of drug-likeness (QED) is 0.453. The number of Topliss-reactive ketones (excluding diaryl/α,β-unsaturated/α-hetero) is 1. The molecule has 0 bridgehead atoms. The fourth-order valence-corrected chi connectivity index (χ4v) is 3.18. The SMILES string of the molecule is COc1cc(C=C(Br)C(=O)c2ccc(N(C)C)c(N)c2)cc2c1OCO2. The Balaban J connectivity index is 1.90. The maximum Gasteiger partial charge on any atom is 0.231 e. The summed E-state index contributed by atoms with van der Waals surface area (Å²) in [7, 11) is 5.35. The summed E-state index contributed by atoms with van der Waals surface area (Å²) < 4.78 is 16.5. The molecule has 0 amide bonds. The van der Waals surface area contributed by atoms with Crippen molar-refractivity contribution in [1.82, 2.24) is 0 Å². The van der Waals surface area contributed by atoms with Crippen LogP contribution in [0.4, 0.5) is 11.4 Å². The van der Waals surface area contributed by atoms with Crippen LogP contribution < -0.4 is 24.8 Å². The third-order valence-electron chi connectivity index (χ3n) is 3.96. The lowest BCUT2D eigenvalue weighted by molar-refractivity contribution is 0.104. The Bertz CT molecular complexity index is 893. The zero-order valence-corrected chi connectivity index (χ0v) is 16.3. The molecule has 0 radical (unpaired) electrons. The minimum absolute atomic E-state index is 0.149. The average Bonchev–Trinajstić information content (AvgIpc) is 3.08. The Morgan fingerprint density at radius 3 is 2.69 bits per heavy atom. The molecule has 0 atom stereocenters. The van der Waals surface area contributed by atoms with E-state index in [-0.39, 0.29) is 12.6 Å². The maximum atomic E-state index is 12.7. The maximum absolute atomic E-state index is 12.7. The summed E-state index contributed by atoms with van der Waals surface area (Å²) in [6.45, 7) is 0.149. The third kappa shape index (κ3) is 3.48. The number of methoxy groups -OCH3 is 1. The first-order chi connectivity index (χ1) is 12.4. The van der Waals surface area contributed by atoms with E-state index in [4.69, 9.17) is 19.9 Å². The van der Waals surface area contributed by atoms with Crippen molar-refractivity contribution in [2.75, 3.05) is 38.6 Å². The molecule has 7 heteroatoms. The number of halogens is 1. The van der Waals surface area contributed by atoms with Crippen LogP contribution in [0.2, 0.25) is 0 Å². The second kappa shape index (κ2) is 7.29. The molecule has 26 heavy (non-hydrogen) atoms. The lowest BCUT2D eigenvalue weighted by Gasteiger charge is -2.15. The number of hydrogen-bond acceptors (Lipinski definition) is 6. The van der Waals surface area contributed by atoms with Gasteiger partial charge >= 0.3 is 0 Å². The number of allylic oxidation sites excluding steroid dienone is 1. The van der Waals surface area contributed by atoms with Crippen molar-refractivity contribution >= 4 is 39.2 Å². The number of anilines is 2. The molecule has 1 heterocycles. The van der Waals surface area contributed by atoms with Crippen molar-refractivity contribution in [3.05, 3.63) is 45.9 Å². The van der Waals surface area contributed by atoms with E-state index in [9.17, 15) is 4.79 Å². The first-order valence-corrected chi connectivity index (χ1v) is 8.66. The Morgan fingerprint density at radius 1 is 1.27 bits per heavy atom. The summed E-state index contributed by atoms with van der Waals surface area (Å²) in [4.78, 5) is 14.6. The number of nitrogens with zero attached hydrogens (tertiary/aromatic N) is 1. The molecule has 1 aliphatic heterocycles. The Hall–Kier alpha value is -2.67. The number of ketones is 1. The van der Waals surface area contributed by atoms with Gasteiger partial charge in [-0.1, -0.05) is 0 Å². The highest BCUT2D eigenvalue weighted by atomic mass is 79.9. The fraction of sp³-hybridized carbons (Fsp3) is 0.211. The van der Waals surface area contributed by atoms with E-state index in [0.29, 0.717) is 33.0 Å². The van der Waals surface area contributed by atoms with Gasteiger partial charge in [0, 0.05) is 19.7 Å². The number of hydrogen-bond donors (Lipinski definition) is 1. The standard InChI is InChI=1S/C19H19BrN2O4/c1-22(2)15-5-4-12(9-14(15)21)18(23)13(20)6-11-7-16(24-3)19-17(8-11)25-10-26-19/h4-9H,10,21H2,1-3H3. The molecular formula is C19H19BrN2O4. The number of carbonyl (C=O) groups excluding carboxylic acids is 1. The highest BCUT2D eigenvalue weighted by Gasteiger charge is 2.20. The van der Waals surface area contributed by atoms with Gasteiger partial charge < -0.3 is 24.8 Å². The van der Waals surface area contributed by atoms with Crippen LogP contribution in [0.15, 0.2) is 34.8 Å². The highest BCUT2D eigenvalue weighted by Crippen LogP contribution is 2.42. The van der Waals surface area contributed by atoms with Gasteiger partial charge in [0.15, 0.2) is 17.3 Å².